The van der Waals surface area contributed by atoms with E-state index >= 15 is 0 Å². The van der Waals surface area contributed by atoms with Gasteiger partial charge in [0.15, 0.2) is 6.29 Å². The van der Waals surface area contributed by atoms with Gasteiger partial charge in [0.2, 0.25) is 6.29 Å². The van der Waals surface area contributed by atoms with E-state index in [-0.39, 0.29) is 11.5 Å². The molecule has 0 amide bonds. The van der Waals surface area contributed by atoms with Crippen LogP contribution in [0.5, 0.6) is 0 Å². The molecule has 154 valence electrons. The number of hydrogen-bond donors (Lipinski definition) is 5. The van der Waals surface area contributed by atoms with Gasteiger partial charge in [0.25, 0.3) is 0 Å². The summed E-state index contributed by atoms with van der Waals surface area (Å²) in [7, 11) is 1.24. The van der Waals surface area contributed by atoms with Crippen LogP contribution in [0.1, 0.15) is 13.3 Å². The summed E-state index contributed by atoms with van der Waals surface area (Å²) in [6.07, 6.45) is -7.31. The third kappa shape index (κ3) is 3.58. The van der Waals surface area contributed by atoms with Crippen molar-refractivity contribution in [3.63, 3.8) is 0 Å². The van der Waals surface area contributed by atoms with Gasteiger partial charge in [-0.15, -0.1) is 0 Å². The van der Waals surface area contributed by atoms with Crippen molar-refractivity contribution >= 4 is 5.97 Å². The third-order valence-electron chi connectivity index (χ3n) is 5.64. The SMILES string of the molecule is COC(=O)C1=COC(OC2OC(CO)C(O)C(O)C2O)C2C(C)CC(O)C12. The van der Waals surface area contributed by atoms with Gasteiger partial charge in [0.05, 0.1) is 31.7 Å². The van der Waals surface area contributed by atoms with Gasteiger partial charge in [0.1, 0.15) is 24.4 Å². The molecule has 0 radical (unpaired) electrons. The van der Waals surface area contributed by atoms with Crippen LogP contribution in [0.15, 0.2) is 11.8 Å². The summed E-state index contributed by atoms with van der Waals surface area (Å²) < 4.78 is 21.3. The number of rotatable bonds is 4. The van der Waals surface area contributed by atoms with Crippen LogP contribution in [-0.2, 0) is 23.7 Å². The summed E-state index contributed by atoms with van der Waals surface area (Å²) in [5.74, 6) is -1.68. The minimum atomic E-state index is -1.58. The molecule has 0 bridgehead atoms. The van der Waals surface area contributed by atoms with E-state index in [1.807, 2.05) is 6.92 Å². The molecule has 0 aromatic carbocycles. The van der Waals surface area contributed by atoms with Gasteiger partial charge < -0.3 is 44.5 Å². The van der Waals surface area contributed by atoms with Gasteiger partial charge in [-0.1, -0.05) is 6.92 Å². The molecule has 2 aliphatic heterocycles. The molecular weight excluding hydrogens is 364 g/mol. The molecule has 0 aromatic rings. The molecule has 3 aliphatic rings. The van der Waals surface area contributed by atoms with E-state index < -0.39 is 67.5 Å². The third-order valence-corrected chi connectivity index (χ3v) is 5.64. The van der Waals surface area contributed by atoms with Crippen LogP contribution in [0, 0.1) is 17.8 Å². The summed E-state index contributed by atoms with van der Waals surface area (Å²) in [4.78, 5) is 12.0. The number of aliphatic hydroxyl groups excluding tert-OH is 5. The standard InChI is InChI=1S/C17H26O10/c1-6-3-8(19)11-7(15(23)24-2)5-25-16(10(6)11)27-17-14(22)13(21)12(20)9(4-18)26-17/h5-6,8-14,16-22H,3-4H2,1-2H3. The van der Waals surface area contributed by atoms with E-state index in [4.69, 9.17) is 18.9 Å². The highest BCUT2D eigenvalue weighted by Crippen LogP contribution is 2.47. The van der Waals surface area contributed by atoms with Crippen molar-refractivity contribution in [2.24, 2.45) is 17.8 Å². The fourth-order valence-electron chi connectivity index (χ4n) is 4.19. The molecule has 10 atom stereocenters. The number of carbonyl (C=O) groups is 1. The molecule has 10 nitrogen and oxygen atoms in total. The normalized spacial score (nSPS) is 47.0. The zero-order chi connectivity index (χ0) is 19.9. The molecule has 3 rings (SSSR count). The van der Waals surface area contributed by atoms with Crippen LogP contribution in [0.25, 0.3) is 0 Å². The first-order valence-electron chi connectivity index (χ1n) is 8.88. The Labute approximate surface area is 155 Å². The number of methoxy groups -OCH3 is 1. The molecule has 2 heterocycles. The number of hydrogen-bond acceptors (Lipinski definition) is 10. The Balaban J connectivity index is 1.80. The minimum absolute atomic E-state index is 0.0757. The maximum absolute atomic E-state index is 12.0. The van der Waals surface area contributed by atoms with Crippen molar-refractivity contribution in [3.8, 4) is 0 Å². The molecule has 5 N–H and O–H groups in total. The summed E-state index contributed by atoms with van der Waals surface area (Å²) >= 11 is 0. The zero-order valence-corrected chi connectivity index (χ0v) is 15.0. The molecular formula is C17H26O10. The Morgan fingerprint density at radius 3 is 2.52 bits per heavy atom. The molecule has 10 unspecified atom stereocenters. The number of carbonyl (C=O) groups excluding carboxylic acids is 1. The van der Waals surface area contributed by atoms with Gasteiger partial charge >= 0.3 is 5.97 Å². The lowest BCUT2D eigenvalue weighted by Gasteiger charge is -2.43. The van der Waals surface area contributed by atoms with Crippen LogP contribution in [0.2, 0.25) is 0 Å². The van der Waals surface area contributed by atoms with Gasteiger partial charge in [-0.25, -0.2) is 4.79 Å². The van der Waals surface area contributed by atoms with Crippen LogP contribution >= 0.6 is 0 Å². The van der Waals surface area contributed by atoms with Crippen LogP contribution < -0.4 is 0 Å². The van der Waals surface area contributed by atoms with Gasteiger partial charge in [-0.2, -0.15) is 0 Å². The average Bonchev–Trinajstić information content (AvgIpc) is 2.96. The Morgan fingerprint density at radius 1 is 1.19 bits per heavy atom. The zero-order valence-electron chi connectivity index (χ0n) is 15.0. The predicted octanol–water partition coefficient (Wildman–Crippen LogP) is -2.15. The largest absolute Gasteiger partial charge is 0.472 e. The highest BCUT2D eigenvalue weighted by atomic mass is 16.8. The molecule has 0 aromatic heterocycles. The maximum atomic E-state index is 12.0. The second-order valence-corrected chi connectivity index (χ2v) is 7.29. The first-order chi connectivity index (χ1) is 12.8. The van der Waals surface area contributed by atoms with E-state index in [0.717, 1.165) is 0 Å². The molecule has 1 saturated carbocycles. The molecule has 27 heavy (non-hydrogen) atoms. The molecule has 0 spiro atoms. The van der Waals surface area contributed by atoms with E-state index in [2.05, 4.69) is 0 Å². The summed E-state index contributed by atoms with van der Waals surface area (Å²) in [5.41, 5.74) is 0.202. The van der Waals surface area contributed by atoms with Crippen molar-refractivity contribution in [1.82, 2.24) is 0 Å². The van der Waals surface area contributed by atoms with Crippen LogP contribution in [0.3, 0.4) is 0 Å². The van der Waals surface area contributed by atoms with Crippen LogP contribution in [0.4, 0.5) is 0 Å². The number of ether oxygens (including phenoxy) is 4. The lowest BCUT2D eigenvalue weighted by Crippen LogP contribution is -2.60. The van der Waals surface area contributed by atoms with E-state index in [1.54, 1.807) is 0 Å². The molecule has 1 aliphatic carbocycles. The Morgan fingerprint density at radius 2 is 1.89 bits per heavy atom. The molecule has 10 heteroatoms. The smallest absolute Gasteiger partial charge is 0.337 e. The quantitative estimate of drug-likeness (QED) is 0.336. The van der Waals surface area contributed by atoms with Crippen molar-refractivity contribution in [2.45, 2.75) is 56.4 Å². The number of esters is 1. The fourth-order valence-corrected chi connectivity index (χ4v) is 4.19. The first kappa shape index (κ1) is 20.5. The topological polar surface area (TPSA) is 155 Å². The Kier molecular flexibility index (Phi) is 6.06. The summed E-state index contributed by atoms with van der Waals surface area (Å²) in [6, 6.07) is 0. The van der Waals surface area contributed by atoms with E-state index in [9.17, 15) is 30.3 Å². The van der Waals surface area contributed by atoms with Crippen LogP contribution in [-0.4, -0.2) is 88.3 Å². The van der Waals surface area contributed by atoms with Crippen molar-refractivity contribution in [3.05, 3.63) is 11.8 Å². The summed E-state index contributed by atoms with van der Waals surface area (Å²) in [6.45, 7) is 1.30. The minimum Gasteiger partial charge on any atom is -0.472 e. The lowest BCUT2D eigenvalue weighted by molar-refractivity contribution is -0.342. The maximum Gasteiger partial charge on any atom is 0.337 e. The highest BCUT2D eigenvalue weighted by Gasteiger charge is 2.53. The van der Waals surface area contributed by atoms with Crippen molar-refractivity contribution < 1.29 is 49.3 Å². The fraction of sp³-hybridized carbons (Fsp3) is 0.824. The lowest BCUT2D eigenvalue weighted by atomic mass is 9.82. The Hall–Kier alpha value is -1.27. The van der Waals surface area contributed by atoms with E-state index in [1.165, 1.54) is 13.4 Å². The van der Waals surface area contributed by atoms with Gasteiger partial charge in [-0.3, -0.25) is 0 Å². The molecule has 2 fully saturated rings. The Bertz CT molecular complexity index is 578. The second kappa shape index (κ2) is 8.00. The predicted molar refractivity (Wildman–Crippen MR) is 86.6 cm³/mol. The highest BCUT2D eigenvalue weighted by molar-refractivity contribution is 5.89. The summed E-state index contributed by atoms with van der Waals surface area (Å²) in [5, 5.41) is 49.6. The van der Waals surface area contributed by atoms with Gasteiger partial charge in [0, 0.05) is 11.8 Å². The number of fused-ring (bicyclic) bond motifs is 1. The monoisotopic (exact) mass is 390 g/mol. The van der Waals surface area contributed by atoms with Crippen molar-refractivity contribution in [1.29, 1.82) is 0 Å². The van der Waals surface area contributed by atoms with E-state index in [0.29, 0.717) is 6.42 Å². The number of aliphatic hydroxyl groups is 5. The van der Waals surface area contributed by atoms with Gasteiger partial charge in [-0.05, 0) is 12.3 Å². The second-order valence-electron chi connectivity index (χ2n) is 7.29. The first-order valence-corrected chi connectivity index (χ1v) is 8.88. The van der Waals surface area contributed by atoms with Crippen molar-refractivity contribution in [2.75, 3.05) is 13.7 Å². The molecule has 1 saturated heterocycles. The average molecular weight is 390 g/mol.